The Hall–Kier alpha value is -1.11. The lowest BCUT2D eigenvalue weighted by atomic mass is 10.1. The first-order valence-electron chi connectivity index (χ1n) is 4.75. The molecule has 0 heterocycles. The molecular formula is C12H15NOS. The summed E-state index contributed by atoms with van der Waals surface area (Å²) in [5, 5.41) is 3.19. The largest absolute Gasteiger partial charge is 0.300 e. The Morgan fingerprint density at radius 1 is 1.47 bits per heavy atom. The fourth-order valence-electron chi connectivity index (χ4n) is 1.28. The van der Waals surface area contributed by atoms with Gasteiger partial charge in [0.15, 0.2) is 0 Å². The van der Waals surface area contributed by atoms with Gasteiger partial charge in [0, 0.05) is 28.0 Å². The van der Waals surface area contributed by atoms with Crippen molar-refractivity contribution in [3.8, 4) is 12.3 Å². The van der Waals surface area contributed by atoms with Crippen LogP contribution in [0.2, 0.25) is 0 Å². The first-order chi connectivity index (χ1) is 7.15. The molecule has 2 atom stereocenters. The van der Waals surface area contributed by atoms with E-state index in [0.717, 1.165) is 10.5 Å². The van der Waals surface area contributed by atoms with Crippen LogP contribution in [0.4, 0.5) is 0 Å². The summed E-state index contributed by atoms with van der Waals surface area (Å²) in [4.78, 5) is 0.850. The van der Waals surface area contributed by atoms with Crippen LogP contribution in [-0.4, -0.2) is 17.0 Å². The summed E-state index contributed by atoms with van der Waals surface area (Å²) in [6, 6.07) is 7.95. The SMILES string of the molecule is C#CCNC(C)c1ccc(S(C)=O)cc1. The van der Waals surface area contributed by atoms with Crippen molar-refractivity contribution in [2.45, 2.75) is 17.9 Å². The molecule has 0 bridgehead atoms. The number of terminal acetylenes is 1. The summed E-state index contributed by atoms with van der Waals surface area (Å²) in [6.45, 7) is 2.61. The molecule has 0 amide bonds. The number of hydrogen-bond donors (Lipinski definition) is 1. The summed E-state index contributed by atoms with van der Waals surface area (Å²) in [6.07, 6.45) is 6.84. The lowest BCUT2D eigenvalue weighted by Gasteiger charge is -2.12. The maximum Gasteiger partial charge on any atom is 0.0578 e. The molecule has 2 unspecified atom stereocenters. The van der Waals surface area contributed by atoms with Crippen molar-refractivity contribution in [2.24, 2.45) is 0 Å². The van der Waals surface area contributed by atoms with Gasteiger partial charge in [-0.25, -0.2) is 0 Å². The van der Waals surface area contributed by atoms with Crippen LogP contribution in [0, 0.1) is 12.3 Å². The summed E-state index contributed by atoms with van der Waals surface area (Å²) in [7, 11) is -0.909. The highest BCUT2D eigenvalue weighted by Gasteiger charge is 2.04. The second-order valence-corrected chi connectivity index (χ2v) is 4.71. The van der Waals surface area contributed by atoms with E-state index in [1.807, 2.05) is 24.3 Å². The number of hydrogen-bond acceptors (Lipinski definition) is 2. The minimum atomic E-state index is -0.909. The second-order valence-electron chi connectivity index (χ2n) is 3.33. The Labute approximate surface area is 93.5 Å². The third-order valence-electron chi connectivity index (χ3n) is 2.22. The topological polar surface area (TPSA) is 29.1 Å². The highest BCUT2D eigenvalue weighted by Crippen LogP contribution is 2.14. The van der Waals surface area contributed by atoms with Gasteiger partial charge in [0.2, 0.25) is 0 Å². The highest BCUT2D eigenvalue weighted by molar-refractivity contribution is 7.84. The molecule has 0 saturated carbocycles. The van der Waals surface area contributed by atoms with Crippen molar-refractivity contribution in [3.63, 3.8) is 0 Å². The van der Waals surface area contributed by atoms with Crippen molar-refractivity contribution >= 4 is 10.8 Å². The van der Waals surface area contributed by atoms with E-state index in [4.69, 9.17) is 6.42 Å². The third kappa shape index (κ3) is 3.50. The average molecular weight is 221 g/mol. The first kappa shape index (κ1) is 12.0. The van der Waals surface area contributed by atoms with E-state index in [1.54, 1.807) is 6.26 Å². The number of benzene rings is 1. The van der Waals surface area contributed by atoms with Crippen LogP contribution >= 0.6 is 0 Å². The monoisotopic (exact) mass is 221 g/mol. The maximum atomic E-state index is 11.2. The first-order valence-corrected chi connectivity index (χ1v) is 6.31. The zero-order valence-corrected chi connectivity index (χ0v) is 9.80. The fourth-order valence-corrected chi connectivity index (χ4v) is 1.80. The van der Waals surface area contributed by atoms with E-state index in [0.29, 0.717) is 6.54 Å². The van der Waals surface area contributed by atoms with Crippen LogP contribution in [0.15, 0.2) is 29.2 Å². The van der Waals surface area contributed by atoms with Gasteiger partial charge >= 0.3 is 0 Å². The zero-order valence-electron chi connectivity index (χ0n) is 8.99. The molecule has 1 aromatic carbocycles. The third-order valence-corrected chi connectivity index (χ3v) is 3.16. The summed E-state index contributed by atoms with van der Waals surface area (Å²) >= 11 is 0. The molecule has 0 fully saturated rings. The van der Waals surface area contributed by atoms with Gasteiger partial charge in [0.05, 0.1) is 6.54 Å². The van der Waals surface area contributed by atoms with Gasteiger partial charge in [-0.1, -0.05) is 18.1 Å². The molecule has 3 heteroatoms. The van der Waals surface area contributed by atoms with E-state index >= 15 is 0 Å². The Kier molecular flexibility index (Phi) is 4.54. The summed E-state index contributed by atoms with van der Waals surface area (Å²) < 4.78 is 11.2. The Balaban J connectivity index is 2.71. The molecule has 0 aliphatic rings. The molecule has 2 nitrogen and oxygen atoms in total. The van der Waals surface area contributed by atoms with Gasteiger partial charge in [-0.3, -0.25) is 9.53 Å². The highest BCUT2D eigenvalue weighted by atomic mass is 32.2. The Bertz CT molecular complexity index is 378. The lowest BCUT2D eigenvalue weighted by molar-refractivity contribution is 0.623. The molecule has 1 N–H and O–H groups in total. The molecule has 0 spiro atoms. The van der Waals surface area contributed by atoms with Crippen molar-refractivity contribution < 1.29 is 4.21 Å². The minimum Gasteiger partial charge on any atom is -0.300 e. The van der Waals surface area contributed by atoms with Gasteiger partial charge in [-0.15, -0.1) is 6.42 Å². The van der Waals surface area contributed by atoms with Crippen molar-refractivity contribution in [2.75, 3.05) is 12.8 Å². The van der Waals surface area contributed by atoms with Crippen LogP contribution in [0.5, 0.6) is 0 Å². The summed E-state index contributed by atoms with van der Waals surface area (Å²) in [5.74, 6) is 2.54. The molecule has 0 aliphatic heterocycles. The molecule has 0 saturated heterocycles. The predicted octanol–water partition coefficient (Wildman–Crippen LogP) is 1.71. The average Bonchev–Trinajstić information content (AvgIpc) is 2.26. The standard InChI is InChI=1S/C12H15NOS/c1-4-9-13-10(2)11-5-7-12(8-6-11)15(3)14/h1,5-8,10,13H,9H2,2-3H3. The molecule has 80 valence electrons. The predicted molar refractivity (Wildman–Crippen MR) is 64.0 cm³/mol. The van der Waals surface area contributed by atoms with Gasteiger partial charge in [-0.2, -0.15) is 0 Å². The smallest absolute Gasteiger partial charge is 0.0578 e. The number of rotatable bonds is 4. The van der Waals surface area contributed by atoms with Crippen molar-refractivity contribution in [1.29, 1.82) is 0 Å². The Morgan fingerprint density at radius 2 is 2.07 bits per heavy atom. The Morgan fingerprint density at radius 3 is 2.53 bits per heavy atom. The van der Waals surface area contributed by atoms with Crippen LogP contribution in [-0.2, 0) is 10.8 Å². The van der Waals surface area contributed by atoms with E-state index in [-0.39, 0.29) is 6.04 Å². The lowest BCUT2D eigenvalue weighted by Crippen LogP contribution is -2.18. The normalized spacial score (nSPS) is 14.2. The van der Waals surface area contributed by atoms with E-state index < -0.39 is 10.8 Å². The van der Waals surface area contributed by atoms with E-state index in [2.05, 4.69) is 18.2 Å². The van der Waals surface area contributed by atoms with E-state index in [9.17, 15) is 4.21 Å². The number of nitrogens with one attached hydrogen (secondary N) is 1. The van der Waals surface area contributed by atoms with Gasteiger partial charge in [0.25, 0.3) is 0 Å². The minimum absolute atomic E-state index is 0.223. The maximum absolute atomic E-state index is 11.2. The molecule has 1 aromatic rings. The van der Waals surface area contributed by atoms with Crippen LogP contribution in [0.25, 0.3) is 0 Å². The van der Waals surface area contributed by atoms with Gasteiger partial charge < -0.3 is 0 Å². The van der Waals surface area contributed by atoms with E-state index in [1.165, 1.54) is 0 Å². The van der Waals surface area contributed by atoms with Crippen molar-refractivity contribution in [1.82, 2.24) is 5.32 Å². The molecule has 15 heavy (non-hydrogen) atoms. The van der Waals surface area contributed by atoms with Crippen LogP contribution in [0.1, 0.15) is 18.5 Å². The van der Waals surface area contributed by atoms with Crippen LogP contribution in [0.3, 0.4) is 0 Å². The molecule has 0 aromatic heterocycles. The van der Waals surface area contributed by atoms with Crippen LogP contribution < -0.4 is 5.32 Å². The molecule has 1 rings (SSSR count). The quantitative estimate of drug-likeness (QED) is 0.784. The molecule has 0 radical (unpaired) electrons. The van der Waals surface area contributed by atoms with Crippen molar-refractivity contribution in [3.05, 3.63) is 29.8 Å². The molecule has 0 aliphatic carbocycles. The zero-order chi connectivity index (χ0) is 11.3. The summed E-state index contributed by atoms with van der Waals surface area (Å²) in [5.41, 5.74) is 1.15. The van der Waals surface area contributed by atoms with Gasteiger partial charge in [-0.05, 0) is 24.6 Å². The van der Waals surface area contributed by atoms with Gasteiger partial charge in [0.1, 0.15) is 0 Å². The molecular weight excluding hydrogens is 206 g/mol. The second kappa shape index (κ2) is 5.69. The fraction of sp³-hybridized carbons (Fsp3) is 0.333.